The molecule has 0 radical (unpaired) electrons. The summed E-state index contributed by atoms with van der Waals surface area (Å²) in [6.07, 6.45) is 3.34. The fourth-order valence-corrected chi connectivity index (χ4v) is 2.54. The number of carbonyl (C=O) groups is 2. The Hall–Kier alpha value is -1.75. The molecule has 0 bridgehead atoms. The van der Waals surface area contributed by atoms with Gasteiger partial charge in [-0.3, -0.25) is 4.79 Å². The third-order valence-corrected chi connectivity index (χ3v) is 3.82. The lowest BCUT2D eigenvalue weighted by Gasteiger charge is -2.17. The van der Waals surface area contributed by atoms with Crippen LogP contribution < -0.4 is 11.1 Å². The first-order valence-electron chi connectivity index (χ1n) is 7.03. The zero-order valence-electron chi connectivity index (χ0n) is 11.9. The minimum Gasteiger partial charge on any atom is -0.449 e. The fraction of sp³-hybridized carbons (Fsp3) is 0.467. The summed E-state index contributed by atoms with van der Waals surface area (Å²) in [5, 5.41) is 3.28. The maximum Gasteiger partial charge on any atom is 0.341 e. The van der Waals surface area contributed by atoms with E-state index in [0.29, 0.717) is 5.02 Å². The van der Waals surface area contributed by atoms with Crippen LogP contribution in [-0.4, -0.2) is 24.0 Å². The number of hydrogen-bond acceptors (Lipinski definition) is 4. The van der Waals surface area contributed by atoms with Gasteiger partial charge in [0.2, 0.25) is 0 Å². The lowest BCUT2D eigenvalue weighted by Crippen LogP contribution is -2.40. The van der Waals surface area contributed by atoms with Gasteiger partial charge >= 0.3 is 5.97 Å². The van der Waals surface area contributed by atoms with Crippen molar-refractivity contribution in [1.29, 1.82) is 0 Å². The number of anilines is 1. The lowest BCUT2D eigenvalue weighted by atomic mass is 10.2. The molecule has 0 spiro atoms. The second-order valence-electron chi connectivity index (χ2n) is 5.27. The molecule has 1 aromatic carbocycles. The highest BCUT2D eigenvalue weighted by Gasteiger charge is 2.24. The summed E-state index contributed by atoms with van der Waals surface area (Å²) < 4.78 is 5.15. The van der Waals surface area contributed by atoms with Gasteiger partial charge in [0.15, 0.2) is 6.10 Å². The van der Waals surface area contributed by atoms with Crippen molar-refractivity contribution in [2.24, 2.45) is 0 Å². The molecular formula is C15H19ClN2O3. The second kappa shape index (κ2) is 6.80. The van der Waals surface area contributed by atoms with Crippen LogP contribution in [0.4, 0.5) is 5.69 Å². The summed E-state index contributed by atoms with van der Waals surface area (Å²) in [6, 6.07) is 4.74. The molecule has 1 saturated carbocycles. The number of carbonyl (C=O) groups excluding carboxylic acids is 2. The fourth-order valence-electron chi connectivity index (χ4n) is 2.37. The van der Waals surface area contributed by atoms with Crippen LogP contribution in [0.3, 0.4) is 0 Å². The highest BCUT2D eigenvalue weighted by molar-refractivity contribution is 6.31. The van der Waals surface area contributed by atoms with Crippen LogP contribution >= 0.6 is 11.6 Å². The Bertz CT molecular complexity index is 542. The largest absolute Gasteiger partial charge is 0.449 e. The van der Waals surface area contributed by atoms with E-state index < -0.39 is 12.1 Å². The van der Waals surface area contributed by atoms with Crippen molar-refractivity contribution in [2.75, 3.05) is 5.73 Å². The molecule has 2 rings (SSSR count). The zero-order chi connectivity index (χ0) is 15.4. The summed E-state index contributed by atoms with van der Waals surface area (Å²) in [4.78, 5) is 24.0. The van der Waals surface area contributed by atoms with Gasteiger partial charge in [-0.1, -0.05) is 24.4 Å². The Morgan fingerprint density at radius 2 is 2.05 bits per heavy atom. The molecule has 0 aliphatic heterocycles. The molecule has 1 atom stereocenters. The van der Waals surface area contributed by atoms with E-state index in [1.165, 1.54) is 12.1 Å². The Morgan fingerprint density at radius 1 is 1.38 bits per heavy atom. The molecule has 1 aliphatic carbocycles. The molecule has 114 valence electrons. The summed E-state index contributed by atoms with van der Waals surface area (Å²) in [5.74, 6) is -0.931. The predicted molar refractivity (Wildman–Crippen MR) is 81.1 cm³/mol. The van der Waals surface area contributed by atoms with E-state index in [9.17, 15) is 9.59 Å². The van der Waals surface area contributed by atoms with Crippen LogP contribution in [0.5, 0.6) is 0 Å². The number of halogens is 1. The first kappa shape index (κ1) is 15.6. The molecule has 21 heavy (non-hydrogen) atoms. The van der Waals surface area contributed by atoms with Crippen LogP contribution in [-0.2, 0) is 9.53 Å². The monoisotopic (exact) mass is 310 g/mol. The lowest BCUT2D eigenvalue weighted by molar-refractivity contribution is -0.129. The van der Waals surface area contributed by atoms with Crippen molar-refractivity contribution in [1.82, 2.24) is 5.32 Å². The van der Waals surface area contributed by atoms with Crippen LogP contribution in [0, 0.1) is 0 Å². The molecule has 1 aromatic rings. The number of nitrogen functional groups attached to an aromatic ring is 1. The third-order valence-electron chi connectivity index (χ3n) is 3.59. The standard InChI is InChI=1S/C15H19ClN2O3/c1-9(14(19)18-11-4-2-3-5-11)21-15(20)12-8-10(16)6-7-13(12)17/h6-9,11H,2-5,17H2,1H3,(H,18,19). The topological polar surface area (TPSA) is 81.4 Å². The number of nitrogens with one attached hydrogen (secondary N) is 1. The van der Waals surface area contributed by atoms with E-state index in [0.717, 1.165) is 25.7 Å². The number of nitrogens with two attached hydrogens (primary N) is 1. The van der Waals surface area contributed by atoms with Gasteiger partial charge in [-0.25, -0.2) is 4.79 Å². The van der Waals surface area contributed by atoms with Crippen molar-refractivity contribution in [3.63, 3.8) is 0 Å². The highest BCUT2D eigenvalue weighted by Crippen LogP contribution is 2.20. The van der Waals surface area contributed by atoms with Gasteiger partial charge in [0.25, 0.3) is 5.91 Å². The molecule has 3 N–H and O–H groups in total. The Balaban J connectivity index is 1.94. The van der Waals surface area contributed by atoms with Gasteiger partial charge in [-0.15, -0.1) is 0 Å². The van der Waals surface area contributed by atoms with E-state index in [4.69, 9.17) is 22.1 Å². The van der Waals surface area contributed by atoms with Crippen LogP contribution in [0.15, 0.2) is 18.2 Å². The maximum atomic E-state index is 12.0. The van der Waals surface area contributed by atoms with Gasteiger partial charge in [0.05, 0.1) is 5.56 Å². The van der Waals surface area contributed by atoms with E-state index >= 15 is 0 Å². The first-order chi connectivity index (χ1) is 9.97. The molecule has 1 fully saturated rings. The van der Waals surface area contributed by atoms with E-state index in [2.05, 4.69) is 5.32 Å². The third kappa shape index (κ3) is 4.11. The average molecular weight is 311 g/mol. The summed E-state index contributed by atoms with van der Waals surface area (Å²) in [5.41, 5.74) is 6.15. The SMILES string of the molecule is CC(OC(=O)c1cc(Cl)ccc1N)C(=O)NC1CCCC1. The number of rotatable bonds is 4. The first-order valence-corrected chi connectivity index (χ1v) is 7.41. The van der Waals surface area contributed by atoms with Gasteiger partial charge in [0.1, 0.15) is 0 Å². The Kier molecular flexibility index (Phi) is 5.07. The van der Waals surface area contributed by atoms with Gasteiger partial charge in [-0.05, 0) is 38.0 Å². The summed E-state index contributed by atoms with van der Waals surface area (Å²) >= 11 is 5.83. The smallest absolute Gasteiger partial charge is 0.341 e. The number of esters is 1. The Morgan fingerprint density at radius 3 is 2.71 bits per heavy atom. The zero-order valence-corrected chi connectivity index (χ0v) is 12.7. The number of hydrogen-bond donors (Lipinski definition) is 2. The molecule has 0 heterocycles. The van der Waals surface area contributed by atoms with E-state index in [1.54, 1.807) is 13.0 Å². The minimum absolute atomic E-state index is 0.169. The van der Waals surface area contributed by atoms with Crippen molar-refractivity contribution in [3.05, 3.63) is 28.8 Å². The average Bonchev–Trinajstić information content (AvgIpc) is 2.94. The molecule has 1 aliphatic rings. The van der Waals surface area contributed by atoms with E-state index in [-0.39, 0.29) is 23.2 Å². The van der Waals surface area contributed by atoms with Crippen molar-refractivity contribution < 1.29 is 14.3 Å². The molecular weight excluding hydrogens is 292 g/mol. The quantitative estimate of drug-likeness (QED) is 0.661. The second-order valence-corrected chi connectivity index (χ2v) is 5.71. The number of benzene rings is 1. The summed E-state index contributed by atoms with van der Waals surface area (Å²) in [7, 11) is 0. The van der Waals surface area contributed by atoms with Crippen molar-refractivity contribution in [2.45, 2.75) is 44.8 Å². The van der Waals surface area contributed by atoms with Crippen LogP contribution in [0.25, 0.3) is 0 Å². The molecule has 1 unspecified atom stereocenters. The normalized spacial score (nSPS) is 16.5. The molecule has 5 nitrogen and oxygen atoms in total. The van der Waals surface area contributed by atoms with Gasteiger partial charge in [0, 0.05) is 16.8 Å². The predicted octanol–water partition coefficient (Wildman–Crippen LogP) is 2.53. The molecule has 1 amide bonds. The van der Waals surface area contributed by atoms with E-state index in [1.807, 2.05) is 0 Å². The minimum atomic E-state index is -0.864. The van der Waals surface area contributed by atoms with Crippen LogP contribution in [0.1, 0.15) is 43.0 Å². The molecule has 0 aromatic heterocycles. The molecule has 0 saturated heterocycles. The van der Waals surface area contributed by atoms with Crippen molar-refractivity contribution in [3.8, 4) is 0 Å². The maximum absolute atomic E-state index is 12.0. The number of ether oxygens (including phenoxy) is 1. The van der Waals surface area contributed by atoms with Gasteiger partial charge < -0.3 is 15.8 Å². The number of amides is 1. The van der Waals surface area contributed by atoms with Crippen molar-refractivity contribution >= 4 is 29.2 Å². The molecule has 6 heteroatoms. The van der Waals surface area contributed by atoms with Gasteiger partial charge in [-0.2, -0.15) is 0 Å². The summed E-state index contributed by atoms with van der Waals surface area (Å²) in [6.45, 7) is 1.54. The van der Waals surface area contributed by atoms with Crippen LogP contribution in [0.2, 0.25) is 5.02 Å². The highest BCUT2D eigenvalue weighted by atomic mass is 35.5. The Labute approximate surface area is 128 Å².